The minimum Gasteiger partial charge on any atom is -0.366 e. The summed E-state index contributed by atoms with van der Waals surface area (Å²) in [6.07, 6.45) is 0.385. The van der Waals surface area contributed by atoms with Crippen molar-refractivity contribution in [2.45, 2.75) is 12.5 Å². The summed E-state index contributed by atoms with van der Waals surface area (Å²) >= 11 is 5.86. The monoisotopic (exact) mass is 349 g/mol. The summed E-state index contributed by atoms with van der Waals surface area (Å²) < 4.78 is 13.2. The van der Waals surface area contributed by atoms with Gasteiger partial charge in [0.05, 0.1) is 10.6 Å². The van der Waals surface area contributed by atoms with Crippen molar-refractivity contribution in [2.75, 3.05) is 6.54 Å². The lowest BCUT2D eigenvalue weighted by Gasteiger charge is -2.17. The van der Waals surface area contributed by atoms with E-state index in [1.54, 1.807) is 12.1 Å². The average molecular weight is 350 g/mol. The number of carbonyl (C=O) groups is 2. The Balaban J connectivity index is 2.12. The number of amides is 2. The van der Waals surface area contributed by atoms with E-state index in [1.165, 1.54) is 30.3 Å². The van der Waals surface area contributed by atoms with E-state index < -0.39 is 11.8 Å². The Morgan fingerprint density at radius 2 is 1.96 bits per heavy atom. The van der Waals surface area contributed by atoms with Crippen LogP contribution in [-0.4, -0.2) is 24.4 Å². The molecule has 2 amide bonds. The van der Waals surface area contributed by atoms with Gasteiger partial charge >= 0.3 is 0 Å². The molecule has 5 nitrogen and oxygen atoms in total. The fourth-order valence-corrected chi connectivity index (χ4v) is 2.48. The molecule has 24 heavy (non-hydrogen) atoms. The molecule has 2 aromatic rings. The van der Waals surface area contributed by atoms with Gasteiger partial charge in [-0.3, -0.25) is 9.59 Å². The molecule has 0 aliphatic rings. The van der Waals surface area contributed by atoms with Crippen molar-refractivity contribution in [3.8, 4) is 0 Å². The number of nitrogens with two attached hydrogens (primary N) is 2. The van der Waals surface area contributed by atoms with Crippen molar-refractivity contribution in [3.63, 3.8) is 0 Å². The number of rotatable bonds is 6. The first-order chi connectivity index (χ1) is 11.4. The summed E-state index contributed by atoms with van der Waals surface area (Å²) in [5, 5.41) is 2.93. The van der Waals surface area contributed by atoms with E-state index in [2.05, 4.69) is 5.32 Å². The number of primary amides is 1. The molecule has 2 aromatic carbocycles. The molecule has 0 aliphatic heterocycles. The molecule has 126 valence electrons. The van der Waals surface area contributed by atoms with Gasteiger partial charge in [-0.25, -0.2) is 4.39 Å². The molecule has 0 saturated heterocycles. The summed E-state index contributed by atoms with van der Waals surface area (Å²) in [6, 6.07) is 9.95. The lowest BCUT2D eigenvalue weighted by molar-refractivity contribution is 0.0938. The van der Waals surface area contributed by atoms with E-state index in [0.29, 0.717) is 6.42 Å². The average Bonchev–Trinajstić information content (AvgIpc) is 2.54. The second-order valence-electron chi connectivity index (χ2n) is 5.30. The van der Waals surface area contributed by atoms with Crippen LogP contribution in [0.5, 0.6) is 0 Å². The molecule has 0 radical (unpaired) electrons. The van der Waals surface area contributed by atoms with Crippen molar-refractivity contribution in [3.05, 3.63) is 70.0 Å². The van der Waals surface area contributed by atoms with Crippen LogP contribution in [0.2, 0.25) is 5.02 Å². The SMILES string of the molecule is NC[C@H](Cc1cccc(F)c1)NC(=O)c1ccc(Cl)c(C(N)=O)c1. The lowest BCUT2D eigenvalue weighted by Crippen LogP contribution is -2.41. The van der Waals surface area contributed by atoms with Gasteiger partial charge in [0.15, 0.2) is 0 Å². The van der Waals surface area contributed by atoms with Crippen LogP contribution in [0.4, 0.5) is 4.39 Å². The standard InChI is InChI=1S/C17H17ClFN3O2/c18-15-5-4-11(8-14(15)16(21)23)17(24)22-13(9-20)7-10-2-1-3-12(19)6-10/h1-6,8,13H,7,9,20H2,(H2,21,23)(H,22,24)/t13-/m0/s1. The Morgan fingerprint density at radius 3 is 2.58 bits per heavy atom. The van der Waals surface area contributed by atoms with Gasteiger partial charge in [0, 0.05) is 18.2 Å². The maximum absolute atomic E-state index is 13.2. The van der Waals surface area contributed by atoms with Gasteiger partial charge in [0.25, 0.3) is 5.91 Å². The lowest BCUT2D eigenvalue weighted by atomic mass is 10.0. The molecule has 0 spiro atoms. The van der Waals surface area contributed by atoms with Gasteiger partial charge in [-0.15, -0.1) is 0 Å². The highest BCUT2D eigenvalue weighted by molar-refractivity contribution is 6.34. The summed E-state index contributed by atoms with van der Waals surface area (Å²) in [4.78, 5) is 23.6. The van der Waals surface area contributed by atoms with E-state index in [0.717, 1.165) is 5.56 Å². The highest BCUT2D eigenvalue weighted by Crippen LogP contribution is 2.17. The normalized spacial score (nSPS) is 11.8. The molecule has 2 rings (SSSR count). The van der Waals surface area contributed by atoms with Crippen LogP contribution in [-0.2, 0) is 6.42 Å². The zero-order valence-corrected chi connectivity index (χ0v) is 13.5. The fourth-order valence-electron chi connectivity index (χ4n) is 2.27. The maximum Gasteiger partial charge on any atom is 0.251 e. The van der Waals surface area contributed by atoms with E-state index in [4.69, 9.17) is 23.1 Å². The van der Waals surface area contributed by atoms with Crippen LogP contribution in [0.15, 0.2) is 42.5 Å². The minimum atomic E-state index is -0.718. The number of hydrogen-bond acceptors (Lipinski definition) is 3. The van der Waals surface area contributed by atoms with Crippen molar-refractivity contribution < 1.29 is 14.0 Å². The third kappa shape index (κ3) is 4.53. The van der Waals surface area contributed by atoms with Crippen LogP contribution in [0.25, 0.3) is 0 Å². The number of halogens is 2. The van der Waals surface area contributed by atoms with Crippen LogP contribution < -0.4 is 16.8 Å². The number of carbonyl (C=O) groups excluding carboxylic acids is 2. The molecular formula is C17H17ClFN3O2. The van der Waals surface area contributed by atoms with Gasteiger partial charge in [-0.1, -0.05) is 23.7 Å². The molecule has 0 unspecified atom stereocenters. The van der Waals surface area contributed by atoms with Gasteiger partial charge in [0.2, 0.25) is 5.91 Å². The molecule has 0 aliphatic carbocycles. The molecule has 0 heterocycles. The van der Waals surface area contributed by atoms with Crippen LogP contribution >= 0.6 is 11.6 Å². The summed E-state index contributed by atoms with van der Waals surface area (Å²) in [5.74, 6) is -1.48. The Bertz CT molecular complexity index is 767. The second-order valence-corrected chi connectivity index (χ2v) is 5.71. The predicted molar refractivity (Wildman–Crippen MR) is 90.4 cm³/mol. The molecule has 1 atom stereocenters. The molecule has 0 saturated carbocycles. The first kappa shape index (κ1) is 17.9. The van der Waals surface area contributed by atoms with Crippen molar-refractivity contribution in [1.82, 2.24) is 5.32 Å². The number of nitrogens with one attached hydrogen (secondary N) is 1. The molecule has 0 fully saturated rings. The van der Waals surface area contributed by atoms with Gasteiger partial charge in [-0.2, -0.15) is 0 Å². The quantitative estimate of drug-likeness (QED) is 0.742. The highest BCUT2D eigenvalue weighted by Gasteiger charge is 2.16. The third-order valence-electron chi connectivity index (χ3n) is 3.48. The van der Waals surface area contributed by atoms with Crippen molar-refractivity contribution in [2.24, 2.45) is 11.5 Å². The topological polar surface area (TPSA) is 98.2 Å². The largest absolute Gasteiger partial charge is 0.366 e. The summed E-state index contributed by atoms with van der Waals surface area (Å²) in [6.45, 7) is 0.179. The van der Waals surface area contributed by atoms with E-state index in [-0.39, 0.29) is 34.6 Å². The molecule has 5 N–H and O–H groups in total. The molecule has 0 bridgehead atoms. The van der Waals surface area contributed by atoms with Crippen molar-refractivity contribution >= 4 is 23.4 Å². The van der Waals surface area contributed by atoms with Gasteiger partial charge in [0.1, 0.15) is 5.82 Å². The second kappa shape index (κ2) is 7.90. The Morgan fingerprint density at radius 1 is 1.21 bits per heavy atom. The zero-order chi connectivity index (χ0) is 17.7. The Labute approximate surface area is 143 Å². The smallest absolute Gasteiger partial charge is 0.251 e. The van der Waals surface area contributed by atoms with Crippen LogP contribution in [0.1, 0.15) is 26.3 Å². The Kier molecular flexibility index (Phi) is 5.89. The van der Waals surface area contributed by atoms with E-state index >= 15 is 0 Å². The molecule has 7 heteroatoms. The highest BCUT2D eigenvalue weighted by atomic mass is 35.5. The molecular weight excluding hydrogens is 333 g/mol. The van der Waals surface area contributed by atoms with Crippen molar-refractivity contribution in [1.29, 1.82) is 0 Å². The zero-order valence-electron chi connectivity index (χ0n) is 12.8. The predicted octanol–water partition coefficient (Wildman–Crippen LogP) is 1.88. The van der Waals surface area contributed by atoms with Crippen LogP contribution in [0.3, 0.4) is 0 Å². The van der Waals surface area contributed by atoms with Gasteiger partial charge < -0.3 is 16.8 Å². The van der Waals surface area contributed by atoms with E-state index in [1.807, 2.05) is 0 Å². The summed E-state index contributed by atoms with van der Waals surface area (Å²) in [5.41, 5.74) is 11.9. The fraction of sp³-hybridized carbons (Fsp3) is 0.176. The number of benzene rings is 2. The van der Waals surface area contributed by atoms with Crippen LogP contribution in [0, 0.1) is 5.82 Å². The van der Waals surface area contributed by atoms with E-state index in [9.17, 15) is 14.0 Å². The first-order valence-corrected chi connectivity index (χ1v) is 7.63. The summed E-state index contributed by atoms with van der Waals surface area (Å²) in [7, 11) is 0. The van der Waals surface area contributed by atoms with Gasteiger partial charge in [-0.05, 0) is 42.3 Å². The number of hydrogen-bond donors (Lipinski definition) is 3. The third-order valence-corrected chi connectivity index (χ3v) is 3.81. The maximum atomic E-state index is 13.2. The minimum absolute atomic E-state index is 0.0683. The first-order valence-electron chi connectivity index (χ1n) is 7.25. The molecule has 0 aromatic heterocycles. The Hall–Kier alpha value is -2.44.